The van der Waals surface area contributed by atoms with Crippen LogP contribution in [-0.4, -0.2) is 7.11 Å². The molecule has 2 aromatic rings. The number of ether oxygens (including phenoxy) is 2. The van der Waals surface area contributed by atoms with E-state index < -0.39 is 0 Å². The molecule has 0 aliphatic rings. The average molecular weight is 342 g/mol. The van der Waals surface area contributed by atoms with Gasteiger partial charge in [-0.3, -0.25) is 0 Å². The van der Waals surface area contributed by atoms with Gasteiger partial charge in [0, 0.05) is 10.0 Å². The van der Waals surface area contributed by atoms with Gasteiger partial charge >= 0.3 is 0 Å². The van der Waals surface area contributed by atoms with Crippen LogP contribution in [0.4, 0.5) is 0 Å². The molecule has 0 bridgehead atoms. The summed E-state index contributed by atoms with van der Waals surface area (Å²) in [6, 6.07) is 13.7. The molecule has 4 heteroatoms. The lowest BCUT2D eigenvalue weighted by Gasteiger charge is -2.11. The monoisotopic (exact) mass is 340 g/mol. The molecule has 0 heterocycles. The van der Waals surface area contributed by atoms with E-state index in [-0.39, 0.29) is 0 Å². The molecule has 0 aliphatic heterocycles. The van der Waals surface area contributed by atoms with Crippen molar-refractivity contribution in [3.05, 3.63) is 58.1 Å². The Labute approximate surface area is 126 Å². The molecule has 100 valence electrons. The first kappa shape index (κ1) is 14.2. The molecule has 2 nitrogen and oxygen atoms in total. The zero-order valence-electron chi connectivity index (χ0n) is 10.5. The van der Waals surface area contributed by atoms with Crippen molar-refractivity contribution < 1.29 is 9.47 Å². The van der Waals surface area contributed by atoms with Gasteiger partial charge in [-0.15, -0.1) is 11.6 Å². The van der Waals surface area contributed by atoms with Crippen LogP contribution < -0.4 is 9.47 Å². The van der Waals surface area contributed by atoms with Crippen molar-refractivity contribution in [1.82, 2.24) is 0 Å². The molecule has 0 saturated carbocycles. The Bertz CT molecular complexity index is 540. The van der Waals surface area contributed by atoms with E-state index in [2.05, 4.69) is 15.9 Å². The third-order valence-corrected chi connectivity index (χ3v) is 3.54. The van der Waals surface area contributed by atoms with Gasteiger partial charge in [0.2, 0.25) is 0 Å². The van der Waals surface area contributed by atoms with Crippen LogP contribution in [0.2, 0.25) is 0 Å². The first-order valence-electron chi connectivity index (χ1n) is 5.83. The van der Waals surface area contributed by atoms with Gasteiger partial charge < -0.3 is 9.47 Å². The fourth-order valence-electron chi connectivity index (χ4n) is 1.67. The molecule has 0 radical (unpaired) electrons. The molecule has 2 rings (SSSR count). The van der Waals surface area contributed by atoms with Gasteiger partial charge in [-0.1, -0.05) is 28.1 Å². The third-order valence-electron chi connectivity index (χ3n) is 2.72. The van der Waals surface area contributed by atoms with Crippen molar-refractivity contribution in [3.8, 4) is 11.5 Å². The maximum Gasteiger partial charge on any atom is 0.124 e. The van der Waals surface area contributed by atoms with Crippen molar-refractivity contribution in [3.63, 3.8) is 0 Å². The second-order valence-corrected chi connectivity index (χ2v) is 5.21. The van der Waals surface area contributed by atoms with Crippen molar-refractivity contribution in [2.24, 2.45) is 0 Å². The molecule has 0 fully saturated rings. The molecule has 0 N–H and O–H groups in total. The van der Waals surface area contributed by atoms with E-state index in [0.717, 1.165) is 27.1 Å². The summed E-state index contributed by atoms with van der Waals surface area (Å²) < 4.78 is 12.0. The second-order valence-electron chi connectivity index (χ2n) is 4.02. The van der Waals surface area contributed by atoms with Crippen molar-refractivity contribution in [2.45, 2.75) is 12.5 Å². The predicted octanol–water partition coefficient (Wildman–Crippen LogP) is 4.78. The number of methoxy groups -OCH3 is 1. The number of hydrogen-bond acceptors (Lipinski definition) is 2. The van der Waals surface area contributed by atoms with Crippen LogP contribution in [-0.2, 0) is 12.5 Å². The lowest BCUT2D eigenvalue weighted by Crippen LogP contribution is -1.98. The van der Waals surface area contributed by atoms with Crippen LogP contribution in [0.25, 0.3) is 0 Å². The minimum absolute atomic E-state index is 0.396. The molecule has 19 heavy (non-hydrogen) atoms. The lowest BCUT2D eigenvalue weighted by molar-refractivity contribution is 0.303. The van der Waals surface area contributed by atoms with Crippen LogP contribution in [0, 0.1) is 0 Å². The summed E-state index contributed by atoms with van der Waals surface area (Å²) in [5.41, 5.74) is 2.04. The Morgan fingerprint density at radius 2 is 1.84 bits per heavy atom. The highest BCUT2D eigenvalue weighted by atomic mass is 79.9. The van der Waals surface area contributed by atoms with E-state index in [1.54, 1.807) is 7.11 Å². The summed E-state index contributed by atoms with van der Waals surface area (Å²) in [5, 5.41) is 0. The number of halogens is 2. The summed E-state index contributed by atoms with van der Waals surface area (Å²) in [4.78, 5) is 0. The largest absolute Gasteiger partial charge is 0.497 e. The molecule has 0 atom stereocenters. The van der Waals surface area contributed by atoms with Gasteiger partial charge in [-0.2, -0.15) is 0 Å². The molecule has 0 aliphatic carbocycles. The topological polar surface area (TPSA) is 18.5 Å². The minimum Gasteiger partial charge on any atom is -0.497 e. The van der Waals surface area contributed by atoms with Crippen molar-refractivity contribution in [1.29, 1.82) is 0 Å². The van der Waals surface area contributed by atoms with Crippen LogP contribution >= 0.6 is 27.5 Å². The Morgan fingerprint density at radius 3 is 2.47 bits per heavy atom. The fraction of sp³-hybridized carbons (Fsp3) is 0.200. The SMILES string of the molecule is COc1ccc(OCc2ccc(Br)cc2)c(CCl)c1. The highest BCUT2D eigenvalue weighted by Crippen LogP contribution is 2.26. The fourth-order valence-corrected chi connectivity index (χ4v) is 2.14. The Morgan fingerprint density at radius 1 is 1.11 bits per heavy atom. The van der Waals surface area contributed by atoms with E-state index >= 15 is 0 Å². The second kappa shape index (κ2) is 6.83. The summed E-state index contributed by atoms with van der Waals surface area (Å²) >= 11 is 9.33. The summed E-state index contributed by atoms with van der Waals surface area (Å²) in [6.07, 6.45) is 0. The normalized spacial score (nSPS) is 10.3. The van der Waals surface area contributed by atoms with E-state index in [1.165, 1.54) is 0 Å². The number of benzene rings is 2. The minimum atomic E-state index is 0.396. The standard InChI is InChI=1S/C15H14BrClO2/c1-18-14-6-7-15(12(8-14)9-17)19-10-11-2-4-13(16)5-3-11/h2-8H,9-10H2,1H3. The first-order valence-corrected chi connectivity index (χ1v) is 7.16. The first-order chi connectivity index (χ1) is 9.22. The zero-order valence-corrected chi connectivity index (χ0v) is 12.9. The van der Waals surface area contributed by atoms with E-state index in [9.17, 15) is 0 Å². The third kappa shape index (κ3) is 3.88. The Balaban J connectivity index is 2.08. The van der Waals surface area contributed by atoms with Gasteiger partial charge in [0.15, 0.2) is 0 Å². The molecule has 0 spiro atoms. The maximum atomic E-state index is 5.92. The molecule has 0 saturated heterocycles. The predicted molar refractivity (Wildman–Crippen MR) is 81.0 cm³/mol. The number of rotatable bonds is 5. The van der Waals surface area contributed by atoms with Crippen LogP contribution in [0.5, 0.6) is 11.5 Å². The lowest BCUT2D eigenvalue weighted by atomic mass is 10.2. The van der Waals surface area contributed by atoms with Gasteiger partial charge in [-0.25, -0.2) is 0 Å². The molecular weight excluding hydrogens is 328 g/mol. The van der Waals surface area contributed by atoms with E-state index in [4.69, 9.17) is 21.1 Å². The summed E-state index contributed by atoms with van der Waals surface area (Å²) in [6.45, 7) is 0.517. The van der Waals surface area contributed by atoms with Crippen LogP contribution in [0.1, 0.15) is 11.1 Å². The number of hydrogen-bond donors (Lipinski definition) is 0. The molecule has 0 amide bonds. The van der Waals surface area contributed by atoms with Crippen molar-refractivity contribution >= 4 is 27.5 Å². The maximum absolute atomic E-state index is 5.92. The van der Waals surface area contributed by atoms with E-state index in [0.29, 0.717) is 12.5 Å². The molecule has 0 unspecified atom stereocenters. The smallest absolute Gasteiger partial charge is 0.124 e. The van der Waals surface area contributed by atoms with Gasteiger partial charge in [0.05, 0.1) is 13.0 Å². The molecule has 2 aromatic carbocycles. The number of alkyl halides is 1. The summed E-state index contributed by atoms with van der Waals surface area (Å²) in [5.74, 6) is 1.97. The highest BCUT2D eigenvalue weighted by Gasteiger charge is 2.05. The summed E-state index contributed by atoms with van der Waals surface area (Å²) in [7, 11) is 1.63. The van der Waals surface area contributed by atoms with Crippen LogP contribution in [0.15, 0.2) is 46.9 Å². The quantitative estimate of drug-likeness (QED) is 0.729. The van der Waals surface area contributed by atoms with Gasteiger partial charge in [-0.05, 0) is 35.9 Å². The Kier molecular flexibility index (Phi) is 5.11. The Hall–Kier alpha value is -1.19. The average Bonchev–Trinajstić information content (AvgIpc) is 2.46. The van der Waals surface area contributed by atoms with Gasteiger partial charge in [0.1, 0.15) is 18.1 Å². The van der Waals surface area contributed by atoms with E-state index in [1.807, 2.05) is 42.5 Å². The van der Waals surface area contributed by atoms with Gasteiger partial charge in [0.25, 0.3) is 0 Å². The molecular formula is C15H14BrClO2. The van der Waals surface area contributed by atoms with Crippen molar-refractivity contribution in [2.75, 3.05) is 7.11 Å². The zero-order chi connectivity index (χ0) is 13.7. The highest BCUT2D eigenvalue weighted by molar-refractivity contribution is 9.10. The van der Waals surface area contributed by atoms with Crippen LogP contribution in [0.3, 0.4) is 0 Å². The molecule has 0 aromatic heterocycles.